The summed E-state index contributed by atoms with van der Waals surface area (Å²) in [5.74, 6) is 0.738. The molecule has 0 aliphatic carbocycles. The van der Waals surface area contributed by atoms with Gasteiger partial charge in [-0.1, -0.05) is 0 Å². The minimum Gasteiger partial charge on any atom is -0.493 e. The number of nitrogens with one attached hydrogen (secondary N) is 1. The van der Waals surface area contributed by atoms with E-state index in [1.165, 1.54) is 6.20 Å². The number of amides is 2. The van der Waals surface area contributed by atoms with Crippen molar-refractivity contribution in [1.82, 2.24) is 24.3 Å². The summed E-state index contributed by atoms with van der Waals surface area (Å²) >= 11 is 0. The van der Waals surface area contributed by atoms with Crippen LogP contribution in [0.3, 0.4) is 0 Å². The fourth-order valence-corrected chi connectivity index (χ4v) is 4.24. The lowest BCUT2D eigenvalue weighted by Gasteiger charge is -2.28. The van der Waals surface area contributed by atoms with Crippen LogP contribution in [0.2, 0.25) is 0 Å². The van der Waals surface area contributed by atoms with Gasteiger partial charge in [-0.2, -0.15) is 4.98 Å². The highest BCUT2D eigenvalue weighted by atomic mass is 16.6. The number of hydrogen-bond donors (Lipinski definition) is 1. The van der Waals surface area contributed by atoms with E-state index >= 15 is 0 Å². The van der Waals surface area contributed by atoms with Crippen molar-refractivity contribution < 1.29 is 23.8 Å². The smallest absolute Gasteiger partial charge is 0.410 e. The summed E-state index contributed by atoms with van der Waals surface area (Å²) < 4.78 is 18.5. The zero-order chi connectivity index (χ0) is 27.6. The van der Waals surface area contributed by atoms with Crippen LogP contribution in [0.5, 0.6) is 11.6 Å². The predicted molar refractivity (Wildman–Crippen MR) is 142 cm³/mol. The molecule has 1 N–H and O–H groups in total. The zero-order valence-corrected chi connectivity index (χ0v) is 22.9. The largest absolute Gasteiger partial charge is 0.493 e. The van der Waals surface area contributed by atoms with Crippen LogP contribution in [0.25, 0.3) is 5.65 Å². The highest BCUT2D eigenvalue weighted by Crippen LogP contribution is 2.27. The van der Waals surface area contributed by atoms with Gasteiger partial charge in [0.25, 0.3) is 5.91 Å². The first kappa shape index (κ1) is 27.0. The van der Waals surface area contributed by atoms with Crippen molar-refractivity contribution in [2.45, 2.75) is 52.7 Å². The lowest BCUT2D eigenvalue weighted by atomic mass is 10.2. The Morgan fingerprint density at radius 1 is 1.24 bits per heavy atom. The predicted octanol–water partition coefficient (Wildman–Crippen LogP) is 3.54. The molecule has 2 amide bonds. The molecule has 3 aromatic rings. The molecular formula is C26H35N7O5. The molecule has 38 heavy (non-hydrogen) atoms. The van der Waals surface area contributed by atoms with Gasteiger partial charge in [0.1, 0.15) is 11.2 Å². The molecule has 1 fully saturated rings. The molecule has 0 spiro atoms. The number of hydrogen-bond acceptors (Lipinski definition) is 9. The number of carbonyl (C=O) groups excluding carboxylic acids is 2. The van der Waals surface area contributed by atoms with E-state index in [1.807, 2.05) is 45.7 Å². The van der Waals surface area contributed by atoms with Gasteiger partial charge in [-0.05, 0) is 41.0 Å². The number of anilines is 2. The average molecular weight is 526 g/mol. The van der Waals surface area contributed by atoms with Gasteiger partial charge < -0.3 is 33.7 Å². The van der Waals surface area contributed by atoms with Crippen LogP contribution in [0.1, 0.15) is 50.2 Å². The number of nitrogens with zero attached hydrogens (tertiary/aromatic N) is 6. The van der Waals surface area contributed by atoms with E-state index in [2.05, 4.69) is 20.3 Å². The van der Waals surface area contributed by atoms with Crippen LogP contribution in [-0.4, -0.2) is 81.7 Å². The Kier molecular flexibility index (Phi) is 7.61. The molecule has 4 heterocycles. The fraction of sp³-hybridized carbons (Fsp3) is 0.500. The number of fused-ring (bicyclic) bond motifs is 1. The molecule has 0 radical (unpaired) electrons. The molecule has 0 saturated carbocycles. The van der Waals surface area contributed by atoms with Gasteiger partial charge in [-0.15, -0.1) is 0 Å². The Morgan fingerprint density at radius 2 is 2.00 bits per heavy atom. The number of methoxy groups -OCH3 is 1. The van der Waals surface area contributed by atoms with Gasteiger partial charge in [0.2, 0.25) is 11.8 Å². The molecule has 3 aromatic heterocycles. The number of imidazole rings is 1. The highest BCUT2D eigenvalue weighted by Gasteiger charge is 2.32. The zero-order valence-electron chi connectivity index (χ0n) is 22.9. The summed E-state index contributed by atoms with van der Waals surface area (Å²) in [6.07, 6.45) is 5.44. The van der Waals surface area contributed by atoms with E-state index in [1.54, 1.807) is 35.7 Å². The van der Waals surface area contributed by atoms with Gasteiger partial charge in [-0.25, -0.2) is 14.8 Å². The molecule has 204 valence electrons. The summed E-state index contributed by atoms with van der Waals surface area (Å²) in [5.41, 5.74) is 1.65. The third-order valence-corrected chi connectivity index (χ3v) is 6.06. The molecule has 1 atom stereocenters. The highest BCUT2D eigenvalue weighted by molar-refractivity contribution is 6.05. The van der Waals surface area contributed by atoms with E-state index in [0.29, 0.717) is 42.7 Å². The van der Waals surface area contributed by atoms with Gasteiger partial charge in [0.15, 0.2) is 11.4 Å². The topological polar surface area (TPSA) is 123 Å². The van der Waals surface area contributed by atoms with E-state index in [4.69, 9.17) is 14.2 Å². The Hall–Kier alpha value is -4.09. The minimum atomic E-state index is -0.565. The Labute approximate surface area is 221 Å². The first-order chi connectivity index (χ1) is 18.0. The molecule has 1 unspecified atom stereocenters. The summed E-state index contributed by atoms with van der Waals surface area (Å²) in [4.78, 5) is 42.7. The Bertz CT molecular complexity index is 1330. The molecule has 4 rings (SSSR count). The van der Waals surface area contributed by atoms with Crippen LogP contribution in [0, 0.1) is 6.92 Å². The van der Waals surface area contributed by atoms with Gasteiger partial charge >= 0.3 is 6.09 Å². The van der Waals surface area contributed by atoms with Crippen LogP contribution >= 0.6 is 0 Å². The number of aryl methyl sites for hydroxylation is 1. The Morgan fingerprint density at radius 3 is 2.68 bits per heavy atom. The van der Waals surface area contributed by atoms with Crippen LogP contribution in [0.4, 0.5) is 16.4 Å². The van der Waals surface area contributed by atoms with E-state index < -0.39 is 11.5 Å². The van der Waals surface area contributed by atoms with Gasteiger partial charge in [0, 0.05) is 44.8 Å². The van der Waals surface area contributed by atoms with E-state index in [9.17, 15) is 9.59 Å². The summed E-state index contributed by atoms with van der Waals surface area (Å²) in [6.45, 7) is 10.8. The first-order valence-corrected chi connectivity index (χ1v) is 12.5. The second-order valence-electron chi connectivity index (χ2n) is 10.2. The summed E-state index contributed by atoms with van der Waals surface area (Å²) in [6, 6.07) is 1.66. The lowest BCUT2D eigenvalue weighted by molar-refractivity contribution is 0.0237. The van der Waals surface area contributed by atoms with Crippen molar-refractivity contribution >= 4 is 29.3 Å². The summed E-state index contributed by atoms with van der Waals surface area (Å²) in [5, 5.41) is 2.88. The number of pyridine rings is 1. The van der Waals surface area contributed by atoms with Crippen molar-refractivity contribution in [3.8, 4) is 11.6 Å². The number of ether oxygens (including phenoxy) is 3. The molecule has 1 saturated heterocycles. The second kappa shape index (κ2) is 10.7. The van der Waals surface area contributed by atoms with Crippen molar-refractivity contribution in [3.05, 3.63) is 35.9 Å². The Balaban J connectivity index is 1.50. The van der Waals surface area contributed by atoms with Crippen molar-refractivity contribution in [2.75, 3.05) is 44.1 Å². The van der Waals surface area contributed by atoms with Crippen molar-refractivity contribution in [3.63, 3.8) is 0 Å². The minimum absolute atomic E-state index is 0.0521. The third-order valence-electron chi connectivity index (χ3n) is 6.06. The quantitative estimate of drug-likeness (QED) is 0.493. The summed E-state index contributed by atoms with van der Waals surface area (Å²) in [7, 11) is 3.29. The standard InChI is InChI=1S/C26H35N7O5/c1-8-37-23-19(22(34)29-17-11-20(36-7)21-28-16(2)13-33(21)14-17)12-27-24(30-23)32-10-9-18(15-32)31(6)25(35)38-26(3,4)5/h11-14,18H,8-10,15H2,1-7H3,(H,29,34). The van der Waals surface area contributed by atoms with Crippen molar-refractivity contribution in [1.29, 1.82) is 0 Å². The molecule has 0 aromatic carbocycles. The number of carbonyl (C=O) groups is 2. The average Bonchev–Trinajstić information content (AvgIpc) is 3.48. The number of likely N-dealkylation sites (N-methyl/N-ethyl adjacent to an activating group) is 1. The maximum atomic E-state index is 13.2. The molecule has 12 heteroatoms. The lowest BCUT2D eigenvalue weighted by Crippen LogP contribution is -2.42. The maximum absolute atomic E-state index is 13.2. The fourth-order valence-electron chi connectivity index (χ4n) is 4.24. The second-order valence-corrected chi connectivity index (χ2v) is 10.2. The van der Waals surface area contributed by atoms with Crippen LogP contribution in [0.15, 0.2) is 24.7 Å². The normalized spacial score (nSPS) is 15.4. The van der Waals surface area contributed by atoms with E-state index in [-0.39, 0.29) is 23.6 Å². The van der Waals surface area contributed by atoms with E-state index in [0.717, 1.165) is 12.1 Å². The monoisotopic (exact) mass is 525 g/mol. The van der Waals surface area contributed by atoms with Gasteiger partial charge in [0.05, 0.1) is 31.1 Å². The number of aromatic nitrogens is 4. The van der Waals surface area contributed by atoms with Crippen LogP contribution < -0.4 is 19.7 Å². The molecule has 12 nitrogen and oxygen atoms in total. The molecular weight excluding hydrogens is 490 g/mol. The van der Waals surface area contributed by atoms with Crippen LogP contribution in [-0.2, 0) is 4.74 Å². The third kappa shape index (κ3) is 5.90. The van der Waals surface area contributed by atoms with Gasteiger partial charge in [-0.3, -0.25) is 4.79 Å². The van der Waals surface area contributed by atoms with Crippen molar-refractivity contribution in [2.24, 2.45) is 0 Å². The molecule has 1 aliphatic rings. The molecule has 1 aliphatic heterocycles. The SMILES string of the molecule is CCOc1nc(N2CCC(N(C)C(=O)OC(C)(C)C)C2)ncc1C(=O)Nc1cc(OC)c2nc(C)cn2c1. The number of rotatable bonds is 7. The maximum Gasteiger partial charge on any atom is 0.410 e. The first-order valence-electron chi connectivity index (χ1n) is 12.5. The molecule has 0 bridgehead atoms.